The first-order valence-corrected chi connectivity index (χ1v) is 6.88. The summed E-state index contributed by atoms with van der Waals surface area (Å²) >= 11 is 12.0. The van der Waals surface area contributed by atoms with E-state index in [0.717, 1.165) is 11.3 Å². The van der Waals surface area contributed by atoms with Crippen LogP contribution in [0.5, 0.6) is 0 Å². The van der Waals surface area contributed by atoms with E-state index in [2.05, 4.69) is 36.2 Å². The van der Waals surface area contributed by atoms with Gasteiger partial charge in [-0.3, -0.25) is 0 Å². The minimum absolute atomic E-state index is 0.112. The highest BCUT2D eigenvalue weighted by Gasteiger charge is 2.18. The van der Waals surface area contributed by atoms with Gasteiger partial charge in [-0.15, -0.1) is 0 Å². The summed E-state index contributed by atoms with van der Waals surface area (Å²) in [5.74, 6) is 6.60. The molecule has 6 heteroatoms. The number of halogens is 2. The second kappa shape index (κ2) is 5.56. The monoisotopic (exact) mass is 310 g/mol. The van der Waals surface area contributed by atoms with Crippen molar-refractivity contribution >= 4 is 29.0 Å². The van der Waals surface area contributed by atoms with Gasteiger partial charge in [0.25, 0.3) is 0 Å². The Kier molecular flexibility index (Phi) is 4.18. The maximum atomic E-state index is 6.04. The molecule has 0 bridgehead atoms. The number of nitrogens with two attached hydrogens (primary N) is 1. The Labute approximate surface area is 128 Å². The summed E-state index contributed by atoms with van der Waals surface area (Å²) in [5, 5.41) is 0.968. The Morgan fingerprint density at radius 3 is 2.30 bits per heavy atom. The van der Waals surface area contributed by atoms with Crippen LogP contribution in [0.3, 0.4) is 0 Å². The smallest absolute Gasteiger partial charge is 0.161 e. The molecule has 106 valence electrons. The van der Waals surface area contributed by atoms with E-state index >= 15 is 0 Å². The molecule has 0 fully saturated rings. The molecule has 0 saturated heterocycles. The van der Waals surface area contributed by atoms with Crippen LogP contribution in [-0.4, -0.2) is 9.97 Å². The molecule has 0 unspecified atom stereocenters. The van der Waals surface area contributed by atoms with Gasteiger partial charge in [0.2, 0.25) is 0 Å². The van der Waals surface area contributed by atoms with Gasteiger partial charge in [-0.1, -0.05) is 44.0 Å². The van der Waals surface area contributed by atoms with Crippen molar-refractivity contribution in [1.29, 1.82) is 0 Å². The number of hydrogen-bond donors (Lipinski definition) is 2. The van der Waals surface area contributed by atoms with Crippen LogP contribution in [0.4, 0.5) is 5.82 Å². The molecular formula is C14H16Cl2N4. The van der Waals surface area contributed by atoms with Crippen LogP contribution in [0.25, 0.3) is 11.4 Å². The van der Waals surface area contributed by atoms with E-state index in [1.54, 1.807) is 12.1 Å². The van der Waals surface area contributed by atoms with Crippen LogP contribution >= 0.6 is 23.2 Å². The molecular weight excluding hydrogens is 295 g/mol. The molecule has 0 saturated carbocycles. The first kappa shape index (κ1) is 15.0. The Balaban J connectivity index is 2.58. The predicted octanol–water partition coefficient (Wildman–Crippen LogP) is 4.03. The summed E-state index contributed by atoms with van der Waals surface area (Å²) in [6, 6.07) is 7.13. The minimum Gasteiger partial charge on any atom is -0.308 e. The lowest BCUT2D eigenvalue weighted by Crippen LogP contribution is -2.17. The zero-order valence-corrected chi connectivity index (χ0v) is 13.0. The summed E-state index contributed by atoms with van der Waals surface area (Å²) < 4.78 is 0. The highest BCUT2D eigenvalue weighted by Crippen LogP contribution is 2.29. The lowest BCUT2D eigenvalue weighted by molar-refractivity contribution is 0.568. The Morgan fingerprint density at radius 2 is 1.75 bits per heavy atom. The second-order valence-corrected chi connectivity index (χ2v) is 6.30. The maximum absolute atomic E-state index is 6.04. The van der Waals surface area contributed by atoms with Gasteiger partial charge in [0, 0.05) is 17.0 Å². The third-order valence-electron chi connectivity index (χ3n) is 2.82. The molecule has 1 aromatic carbocycles. The number of hydrazine groups is 1. The zero-order valence-electron chi connectivity index (χ0n) is 11.5. The van der Waals surface area contributed by atoms with Crippen molar-refractivity contribution in [1.82, 2.24) is 9.97 Å². The molecule has 3 N–H and O–H groups in total. The second-order valence-electron chi connectivity index (χ2n) is 5.49. The van der Waals surface area contributed by atoms with Gasteiger partial charge >= 0.3 is 0 Å². The summed E-state index contributed by atoms with van der Waals surface area (Å²) in [7, 11) is 0. The number of nitrogen functional groups attached to an aromatic ring is 1. The minimum atomic E-state index is -0.112. The average molecular weight is 311 g/mol. The highest BCUT2D eigenvalue weighted by molar-refractivity contribution is 6.42. The third kappa shape index (κ3) is 3.20. The summed E-state index contributed by atoms with van der Waals surface area (Å²) in [6.45, 7) is 6.23. The molecule has 0 atom stereocenters. The largest absolute Gasteiger partial charge is 0.308 e. The van der Waals surface area contributed by atoms with E-state index < -0.39 is 0 Å². The Hall–Kier alpha value is -1.36. The van der Waals surface area contributed by atoms with Crippen LogP contribution in [0.1, 0.15) is 26.5 Å². The van der Waals surface area contributed by atoms with Gasteiger partial charge in [0.15, 0.2) is 5.82 Å². The SMILES string of the molecule is CC(C)(C)c1cc(NN)nc(-c2ccc(Cl)c(Cl)c2)n1. The first-order valence-electron chi connectivity index (χ1n) is 6.13. The number of nitrogens with zero attached hydrogens (tertiary/aromatic N) is 2. The number of hydrogen-bond acceptors (Lipinski definition) is 4. The standard InChI is InChI=1S/C14H16Cl2N4/c1-14(2,3)11-7-12(20-17)19-13(18-11)8-4-5-9(15)10(16)6-8/h4-7H,17H2,1-3H3,(H,18,19,20). The molecule has 4 nitrogen and oxygen atoms in total. The van der Waals surface area contributed by atoms with Crippen LogP contribution in [0.2, 0.25) is 10.0 Å². The van der Waals surface area contributed by atoms with Gasteiger partial charge in [-0.2, -0.15) is 0 Å². The molecule has 0 aliphatic carbocycles. The quantitative estimate of drug-likeness (QED) is 0.649. The van der Waals surface area contributed by atoms with Gasteiger partial charge in [0.1, 0.15) is 5.82 Å². The molecule has 1 heterocycles. The lowest BCUT2D eigenvalue weighted by atomic mass is 9.92. The molecule has 2 rings (SSSR count). The van der Waals surface area contributed by atoms with Crippen molar-refractivity contribution in [3.05, 3.63) is 40.0 Å². The summed E-state index contributed by atoms with van der Waals surface area (Å²) in [6.07, 6.45) is 0. The number of nitrogens with one attached hydrogen (secondary N) is 1. The van der Waals surface area contributed by atoms with E-state index in [4.69, 9.17) is 29.0 Å². The Morgan fingerprint density at radius 1 is 1.05 bits per heavy atom. The molecule has 0 spiro atoms. The van der Waals surface area contributed by atoms with Gasteiger partial charge < -0.3 is 5.43 Å². The van der Waals surface area contributed by atoms with E-state index in [1.807, 2.05) is 12.1 Å². The van der Waals surface area contributed by atoms with E-state index in [0.29, 0.717) is 21.7 Å². The topological polar surface area (TPSA) is 63.8 Å². The first-order chi connectivity index (χ1) is 9.31. The molecule has 1 aromatic heterocycles. The van der Waals surface area contributed by atoms with Crippen LogP contribution in [-0.2, 0) is 5.41 Å². The fourth-order valence-corrected chi connectivity index (χ4v) is 1.97. The molecule has 0 amide bonds. The van der Waals surface area contributed by atoms with E-state index in [9.17, 15) is 0 Å². The maximum Gasteiger partial charge on any atom is 0.161 e. The molecule has 0 aliphatic rings. The van der Waals surface area contributed by atoms with Crippen LogP contribution < -0.4 is 11.3 Å². The fourth-order valence-electron chi connectivity index (χ4n) is 1.67. The van der Waals surface area contributed by atoms with Crippen molar-refractivity contribution < 1.29 is 0 Å². The zero-order chi connectivity index (χ0) is 14.9. The van der Waals surface area contributed by atoms with Crippen molar-refractivity contribution in [2.24, 2.45) is 5.84 Å². The molecule has 0 radical (unpaired) electrons. The van der Waals surface area contributed by atoms with Crippen LogP contribution in [0.15, 0.2) is 24.3 Å². The van der Waals surface area contributed by atoms with Gasteiger partial charge in [-0.05, 0) is 18.2 Å². The fraction of sp³-hybridized carbons (Fsp3) is 0.286. The van der Waals surface area contributed by atoms with Crippen LogP contribution in [0, 0.1) is 0 Å². The number of anilines is 1. The van der Waals surface area contributed by atoms with E-state index in [-0.39, 0.29) is 5.41 Å². The van der Waals surface area contributed by atoms with Crippen molar-refractivity contribution in [2.75, 3.05) is 5.43 Å². The number of benzene rings is 1. The third-order valence-corrected chi connectivity index (χ3v) is 3.56. The molecule has 0 aliphatic heterocycles. The number of rotatable bonds is 2. The normalized spacial score (nSPS) is 11.5. The van der Waals surface area contributed by atoms with Gasteiger partial charge in [0.05, 0.1) is 15.7 Å². The number of aromatic nitrogens is 2. The van der Waals surface area contributed by atoms with Gasteiger partial charge in [-0.25, -0.2) is 15.8 Å². The highest BCUT2D eigenvalue weighted by atomic mass is 35.5. The molecule has 20 heavy (non-hydrogen) atoms. The van der Waals surface area contributed by atoms with Crippen molar-refractivity contribution in [2.45, 2.75) is 26.2 Å². The average Bonchev–Trinajstić information content (AvgIpc) is 2.40. The summed E-state index contributed by atoms with van der Waals surface area (Å²) in [4.78, 5) is 8.94. The van der Waals surface area contributed by atoms with E-state index in [1.165, 1.54) is 0 Å². The van der Waals surface area contributed by atoms with Crippen molar-refractivity contribution in [3.63, 3.8) is 0 Å². The predicted molar refractivity (Wildman–Crippen MR) is 84.0 cm³/mol. The lowest BCUT2D eigenvalue weighted by Gasteiger charge is -2.19. The summed E-state index contributed by atoms with van der Waals surface area (Å²) in [5.41, 5.74) is 4.14. The molecule has 2 aromatic rings. The van der Waals surface area contributed by atoms with Crippen molar-refractivity contribution in [3.8, 4) is 11.4 Å². The Bertz CT molecular complexity index is 636.